The first-order valence-electron chi connectivity index (χ1n) is 6.96. The lowest BCUT2D eigenvalue weighted by Crippen LogP contribution is -2.48. The molecule has 1 atom stereocenters. The van der Waals surface area contributed by atoms with Crippen molar-refractivity contribution in [3.8, 4) is 0 Å². The first-order valence-corrected chi connectivity index (χ1v) is 6.96. The Morgan fingerprint density at radius 3 is 3.05 bits per heavy atom. The molecule has 1 unspecified atom stereocenters. The van der Waals surface area contributed by atoms with Crippen molar-refractivity contribution >= 4 is 11.7 Å². The minimum atomic E-state index is -0.188. The average molecular weight is 287 g/mol. The topological polar surface area (TPSA) is 84.2 Å². The largest absolute Gasteiger partial charge is 0.448 e. The Labute approximate surface area is 122 Å². The number of rotatable bonds is 3. The van der Waals surface area contributed by atoms with Crippen LogP contribution in [0.5, 0.6) is 0 Å². The van der Waals surface area contributed by atoms with Gasteiger partial charge in [0.25, 0.3) is 5.91 Å². The number of anilines is 1. The fraction of sp³-hybridized carbons (Fsp3) is 0.429. The van der Waals surface area contributed by atoms with Gasteiger partial charge in [0.15, 0.2) is 12.1 Å². The van der Waals surface area contributed by atoms with Gasteiger partial charge >= 0.3 is 0 Å². The van der Waals surface area contributed by atoms with Gasteiger partial charge in [0.1, 0.15) is 11.6 Å². The molecular formula is C14H17N5O2. The van der Waals surface area contributed by atoms with Crippen LogP contribution in [-0.2, 0) is 0 Å². The van der Waals surface area contributed by atoms with Gasteiger partial charge in [-0.1, -0.05) is 0 Å². The maximum atomic E-state index is 12.2. The third-order valence-electron chi connectivity index (χ3n) is 3.59. The summed E-state index contributed by atoms with van der Waals surface area (Å²) in [4.78, 5) is 26.6. The lowest BCUT2D eigenvalue weighted by atomic mass is 10.1. The maximum Gasteiger partial charge on any atom is 0.273 e. The molecule has 1 saturated heterocycles. The van der Waals surface area contributed by atoms with Crippen molar-refractivity contribution < 1.29 is 9.21 Å². The zero-order valence-corrected chi connectivity index (χ0v) is 11.8. The number of nitrogens with one attached hydrogen (secondary N) is 1. The van der Waals surface area contributed by atoms with Crippen molar-refractivity contribution in [1.82, 2.24) is 20.3 Å². The molecule has 3 rings (SSSR count). The van der Waals surface area contributed by atoms with Gasteiger partial charge in [-0.15, -0.1) is 0 Å². The van der Waals surface area contributed by atoms with Crippen molar-refractivity contribution in [1.29, 1.82) is 0 Å². The molecule has 1 N–H and O–H groups in total. The van der Waals surface area contributed by atoms with Gasteiger partial charge in [-0.3, -0.25) is 9.78 Å². The number of nitrogens with zero attached hydrogens (tertiary/aromatic N) is 4. The number of amides is 1. The van der Waals surface area contributed by atoms with Crippen LogP contribution in [0, 0.1) is 6.92 Å². The third kappa shape index (κ3) is 3.01. The fourth-order valence-electron chi connectivity index (χ4n) is 2.53. The van der Waals surface area contributed by atoms with E-state index in [2.05, 4.69) is 25.2 Å². The predicted molar refractivity (Wildman–Crippen MR) is 76.0 cm³/mol. The molecule has 1 aliphatic rings. The smallest absolute Gasteiger partial charge is 0.273 e. The van der Waals surface area contributed by atoms with E-state index in [9.17, 15) is 4.79 Å². The van der Waals surface area contributed by atoms with Crippen molar-refractivity contribution in [2.75, 3.05) is 18.0 Å². The number of carbonyl (C=O) groups excluding carboxylic acids is 1. The van der Waals surface area contributed by atoms with E-state index in [1.807, 2.05) is 0 Å². The van der Waals surface area contributed by atoms with Crippen LogP contribution in [-0.4, -0.2) is 40.0 Å². The molecule has 1 fully saturated rings. The van der Waals surface area contributed by atoms with E-state index in [4.69, 9.17) is 4.42 Å². The SMILES string of the molecule is Cc1ocnc1C(=O)NC1CCCN(c2cnccn2)C1. The summed E-state index contributed by atoms with van der Waals surface area (Å²) in [7, 11) is 0. The Hall–Kier alpha value is -2.44. The average Bonchev–Trinajstić information content (AvgIpc) is 2.95. The number of aryl methyl sites for hydroxylation is 1. The number of piperidine rings is 1. The summed E-state index contributed by atoms with van der Waals surface area (Å²) in [6.07, 6.45) is 8.30. The lowest BCUT2D eigenvalue weighted by Gasteiger charge is -2.33. The minimum Gasteiger partial charge on any atom is -0.448 e. The third-order valence-corrected chi connectivity index (χ3v) is 3.59. The highest BCUT2D eigenvalue weighted by Gasteiger charge is 2.24. The first kappa shape index (κ1) is 13.5. The van der Waals surface area contributed by atoms with Crippen molar-refractivity contribution in [2.24, 2.45) is 0 Å². The van der Waals surface area contributed by atoms with E-state index in [1.54, 1.807) is 25.5 Å². The molecule has 2 aromatic rings. The fourth-order valence-corrected chi connectivity index (χ4v) is 2.53. The molecule has 1 amide bonds. The second-order valence-electron chi connectivity index (χ2n) is 5.08. The molecule has 7 heteroatoms. The summed E-state index contributed by atoms with van der Waals surface area (Å²) in [6, 6.07) is 0.0735. The normalized spacial score (nSPS) is 18.5. The van der Waals surface area contributed by atoms with E-state index in [1.165, 1.54) is 6.39 Å². The first-order chi connectivity index (χ1) is 10.2. The van der Waals surface area contributed by atoms with Gasteiger partial charge in [0.2, 0.25) is 0 Å². The van der Waals surface area contributed by atoms with Crippen LogP contribution in [0.15, 0.2) is 29.4 Å². The Balaban J connectivity index is 1.64. The standard InChI is InChI=1S/C14H17N5O2/c1-10-13(17-9-21-10)14(20)18-11-3-2-6-19(8-11)12-7-15-4-5-16-12/h4-5,7,9,11H,2-3,6,8H2,1H3,(H,18,20). The molecular weight excluding hydrogens is 270 g/mol. The molecule has 110 valence electrons. The van der Waals surface area contributed by atoms with Crippen molar-refractivity contribution in [3.05, 3.63) is 36.4 Å². The second kappa shape index (κ2) is 5.90. The summed E-state index contributed by atoms with van der Waals surface area (Å²) in [5.74, 6) is 1.19. The molecule has 0 aliphatic carbocycles. The van der Waals surface area contributed by atoms with Crippen molar-refractivity contribution in [2.45, 2.75) is 25.8 Å². The second-order valence-corrected chi connectivity index (χ2v) is 5.08. The molecule has 0 radical (unpaired) electrons. The highest BCUT2D eigenvalue weighted by atomic mass is 16.3. The van der Waals surface area contributed by atoms with Gasteiger partial charge in [-0.25, -0.2) is 9.97 Å². The van der Waals surface area contributed by atoms with E-state index in [0.29, 0.717) is 11.5 Å². The van der Waals surface area contributed by atoms with E-state index < -0.39 is 0 Å². The number of hydrogen-bond donors (Lipinski definition) is 1. The molecule has 21 heavy (non-hydrogen) atoms. The Morgan fingerprint density at radius 2 is 2.33 bits per heavy atom. The summed E-state index contributed by atoms with van der Waals surface area (Å²) >= 11 is 0. The van der Waals surface area contributed by atoms with Crippen LogP contribution in [0.2, 0.25) is 0 Å². The zero-order chi connectivity index (χ0) is 14.7. The van der Waals surface area contributed by atoms with E-state index >= 15 is 0 Å². The highest BCUT2D eigenvalue weighted by molar-refractivity contribution is 5.93. The Kier molecular flexibility index (Phi) is 3.81. The molecule has 1 aliphatic heterocycles. The van der Waals surface area contributed by atoms with Crippen molar-refractivity contribution in [3.63, 3.8) is 0 Å². The van der Waals surface area contributed by atoms with Crippen LogP contribution in [0.4, 0.5) is 5.82 Å². The summed E-state index contributed by atoms with van der Waals surface area (Å²) in [5, 5.41) is 3.01. The zero-order valence-electron chi connectivity index (χ0n) is 11.8. The van der Waals surface area contributed by atoms with Crippen LogP contribution in [0.3, 0.4) is 0 Å². The number of carbonyl (C=O) groups is 1. The van der Waals surface area contributed by atoms with Gasteiger partial charge in [-0.2, -0.15) is 0 Å². The van der Waals surface area contributed by atoms with Gasteiger partial charge in [0.05, 0.1) is 6.20 Å². The van der Waals surface area contributed by atoms with Gasteiger partial charge < -0.3 is 14.6 Å². The Bertz CT molecular complexity index is 613. The van der Waals surface area contributed by atoms with Crippen LogP contribution < -0.4 is 10.2 Å². The number of oxazole rings is 1. The highest BCUT2D eigenvalue weighted by Crippen LogP contribution is 2.17. The monoisotopic (exact) mass is 287 g/mol. The van der Waals surface area contributed by atoms with Crippen LogP contribution in [0.25, 0.3) is 0 Å². The summed E-state index contributed by atoms with van der Waals surface area (Å²) in [6.45, 7) is 3.38. The molecule has 0 saturated carbocycles. The van der Waals surface area contributed by atoms with E-state index in [-0.39, 0.29) is 11.9 Å². The lowest BCUT2D eigenvalue weighted by molar-refractivity contribution is 0.0927. The minimum absolute atomic E-state index is 0.0735. The molecule has 0 spiro atoms. The molecule has 7 nitrogen and oxygen atoms in total. The van der Waals surface area contributed by atoms with Gasteiger partial charge in [-0.05, 0) is 19.8 Å². The van der Waals surface area contributed by atoms with Crippen LogP contribution in [0.1, 0.15) is 29.1 Å². The maximum absolute atomic E-state index is 12.2. The molecule has 2 aromatic heterocycles. The predicted octanol–water partition coefficient (Wildman–Crippen LogP) is 1.17. The van der Waals surface area contributed by atoms with Crippen LogP contribution >= 0.6 is 0 Å². The quantitative estimate of drug-likeness (QED) is 0.912. The number of aromatic nitrogens is 3. The summed E-state index contributed by atoms with van der Waals surface area (Å²) < 4.78 is 5.06. The molecule has 0 aromatic carbocycles. The number of hydrogen-bond acceptors (Lipinski definition) is 6. The molecule has 0 bridgehead atoms. The van der Waals surface area contributed by atoms with Gasteiger partial charge in [0, 0.05) is 31.5 Å². The Morgan fingerprint density at radius 1 is 1.43 bits per heavy atom. The summed E-state index contributed by atoms with van der Waals surface area (Å²) in [5.41, 5.74) is 0.353. The van der Waals surface area contributed by atoms with E-state index in [0.717, 1.165) is 31.7 Å². The molecule has 3 heterocycles.